The zero-order valence-corrected chi connectivity index (χ0v) is 4.31. The monoisotopic (exact) mass is 113 g/mol. The Bertz CT molecular complexity index is 126. The molecular weight excluding hydrogens is 106 g/mol. The molecule has 0 atom stereocenters. The summed E-state index contributed by atoms with van der Waals surface area (Å²) >= 11 is 0. The number of hydrogen-bond acceptors (Lipinski definition) is 3. The van der Waals surface area contributed by atoms with Gasteiger partial charge >= 0.3 is 0 Å². The molecule has 0 aromatic heterocycles. The fraction of sp³-hybridized carbons (Fsp3) is 0.500. The lowest BCUT2D eigenvalue weighted by molar-refractivity contribution is 0.0643. The van der Waals surface area contributed by atoms with E-state index in [0.29, 0.717) is 17.9 Å². The molecule has 0 unspecified atom stereocenters. The van der Waals surface area contributed by atoms with E-state index in [2.05, 4.69) is 0 Å². The largest absolute Gasteiger partial charge is 0.286 e. The fourth-order valence-electron chi connectivity index (χ4n) is 0.612. The topological polar surface area (TPSA) is 71.2 Å². The second-order valence-corrected chi connectivity index (χ2v) is 1.71. The van der Waals surface area contributed by atoms with Crippen LogP contribution >= 0.6 is 0 Å². The SMILES string of the molecule is N=C1CCC(=N)N1O. The number of nitrogens with zero attached hydrogens (tertiary/aromatic N) is 1. The molecule has 8 heavy (non-hydrogen) atoms. The van der Waals surface area contributed by atoms with Crippen molar-refractivity contribution in [2.45, 2.75) is 12.8 Å². The van der Waals surface area contributed by atoms with Gasteiger partial charge in [-0.2, -0.15) is 5.06 Å². The number of nitrogens with one attached hydrogen (secondary N) is 2. The number of hydroxylamine groups is 2. The third-order valence-electron chi connectivity index (χ3n) is 1.11. The second kappa shape index (κ2) is 1.56. The lowest BCUT2D eigenvalue weighted by Crippen LogP contribution is -2.23. The van der Waals surface area contributed by atoms with Crippen molar-refractivity contribution in [3.05, 3.63) is 0 Å². The van der Waals surface area contributed by atoms with Crippen LogP contribution in [0, 0.1) is 10.8 Å². The van der Waals surface area contributed by atoms with Crippen LogP contribution in [0.1, 0.15) is 12.8 Å². The molecule has 1 fully saturated rings. The van der Waals surface area contributed by atoms with E-state index in [1.807, 2.05) is 0 Å². The van der Waals surface area contributed by atoms with E-state index in [4.69, 9.17) is 16.0 Å². The van der Waals surface area contributed by atoms with Crippen molar-refractivity contribution in [1.82, 2.24) is 5.06 Å². The molecule has 3 N–H and O–H groups in total. The quantitative estimate of drug-likeness (QED) is 0.426. The maximum atomic E-state index is 8.65. The van der Waals surface area contributed by atoms with Crippen LogP contribution in [0.25, 0.3) is 0 Å². The van der Waals surface area contributed by atoms with Crippen molar-refractivity contribution in [3.63, 3.8) is 0 Å². The van der Waals surface area contributed by atoms with Crippen molar-refractivity contribution >= 4 is 11.7 Å². The molecule has 4 nitrogen and oxygen atoms in total. The molecule has 0 aromatic carbocycles. The first-order chi connectivity index (χ1) is 3.72. The highest BCUT2D eigenvalue weighted by Crippen LogP contribution is 2.07. The standard InChI is InChI=1S/C4H7N3O/c5-3-1-2-4(6)7(3)8/h5-6,8H,1-2H2. The molecule has 1 heterocycles. The van der Waals surface area contributed by atoms with Crippen LogP contribution in [0.15, 0.2) is 0 Å². The Morgan fingerprint density at radius 3 is 1.75 bits per heavy atom. The van der Waals surface area contributed by atoms with Crippen LogP contribution in [0.3, 0.4) is 0 Å². The molecule has 0 saturated carbocycles. The Morgan fingerprint density at radius 1 is 1.25 bits per heavy atom. The first-order valence-electron chi connectivity index (χ1n) is 2.35. The molecule has 4 heteroatoms. The van der Waals surface area contributed by atoms with E-state index < -0.39 is 0 Å². The predicted molar refractivity (Wildman–Crippen MR) is 28.3 cm³/mol. The van der Waals surface area contributed by atoms with E-state index in [1.54, 1.807) is 0 Å². The third kappa shape index (κ3) is 0.586. The summed E-state index contributed by atoms with van der Waals surface area (Å²) in [6, 6.07) is 0. The molecule has 0 aliphatic carbocycles. The van der Waals surface area contributed by atoms with Gasteiger partial charge in [0.15, 0.2) is 0 Å². The van der Waals surface area contributed by atoms with Gasteiger partial charge in [-0.05, 0) is 0 Å². The Balaban J connectivity index is 2.70. The van der Waals surface area contributed by atoms with E-state index in [0.717, 1.165) is 0 Å². The number of amidine groups is 2. The predicted octanol–water partition coefficient (Wildman–Crippen LogP) is 0.426. The first-order valence-corrected chi connectivity index (χ1v) is 2.35. The van der Waals surface area contributed by atoms with Gasteiger partial charge in [-0.25, -0.2) is 0 Å². The summed E-state index contributed by atoms with van der Waals surface area (Å²) in [6.07, 6.45) is 0.991. The molecule has 1 aliphatic heterocycles. The minimum Gasteiger partial charge on any atom is -0.286 e. The van der Waals surface area contributed by atoms with Crippen LogP contribution < -0.4 is 0 Å². The maximum Gasteiger partial charge on any atom is 0.128 e. The third-order valence-corrected chi connectivity index (χ3v) is 1.11. The molecule has 0 bridgehead atoms. The van der Waals surface area contributed by atoms with Crippen molar-refractivity contribution in [2.75, 3.05) is 0 Å². The minimum atomic E-state index is 0.120. The van der Waals surface area contributed by atoms with Gasteiger partial charge in [0.05, 0.1) is 0 Å². The van der Waals surface area contributed by atoms with Crippen LogP contribution in [-0.2, 0) is 0 Å². The van der Waals surface area contributed by atoms with Crippen LogP contribution in [0.4, 0.5) is 0 Å². The Labute approximate surface area is 46.7 Å². The van der Waals surface area contributed by atoms with Gasteiger partial charge < -0.3 is 0 Å². The minimum absolute atomic E-state index is 0.120. The lowest BCUT2D eigenvalue weighted by atomic mass is 10.4. The molecule has 0 amide bonds. The molecule has 44 valence electrons. The Hall–Kier alpha value is -0.900. The summed E-state index contributed by atoms with van der Waals surface area (Å²) in [5.41, 5.74) is 0. The van der Waals surface area contributed by atoms with Crippen LogP contribution in [0.5, 0.6) is 0 Å². The van der Waals surface area contributed by atoms with Crippen molar-refractivity contribution in [3.8, 4) is 0 Å². The summed E-state index contributed by atoms with van der Waals surface area (Å²) in [5.74, 6) is 0.241. The van der Waals surface area contributed by atoms with E-state index in [1.165, 1.54) is 0 Å². The summed E-state index contributed by atoms with van der Waals surface area (Å²) in [7, 11) is 0. The zero-order valence-electron chi connectivity index (χ0n) is 4.31. The van der Waals surface area contributed by atoms with Crippen molar-refractivity contribution in [1.29, 1.82) is 10.8 Å². The average molecular weight is 113 g/mol. The van der Waals surface area contributed by atoms with E-state index in [9.17, 15) is 0 Å². The Kier molecular flexibility index (Phi) is 1.02. The highest BCUT2D eigenvalue weighted by atomic mass is 16.5. The average Bonchev–Trinajstić information content (AvgIpc) is 1.98. The van der Waals surface area contributed by atoms with Gasteiger partial charge in [0.2, 0.25) is 0 Å². The lowest BCUT2D eigenvalue weighted by Gasteiger charge is -2.04. The number of hydrogen-bond donors (Lipinski definition) is 3. The molecule has 0 radical (unpaired) electrons. The summed E-state index contributed by atoms with van der Waals surface area (Å²) in [4.78, 5) is 0. The smallest absolute Gasteiger partial charge is 0.128 e. The van der Waals surface area contributed by atoms with Gasteiger partial charge in [-0.15, -0.1) is 0 Å². The number of rotatable bonds is 0. The molecule has 0 aromatic rings. The molecule has 1 rings (SSSR count). The molecule has 0 spiro atoms. The highest BCUT2D eigenvalue weighted by molar-refractivity contribution is 6.02. The van der Waals surface area contributed by atoms with Crippen LogP contribution in [-0.4, -0.2) is 21.9 Å². The van der Waals surface area contributed by atoms with Gasteiger partial charge in [0, 0.05) is 12.8 Å². The van der Waals surface area contributed by atoms with Crippen molar-refractivity contribution in [2.24, 2.45) is 0 Å². The highest BCUT2D eigenvalue weighted by Gasteiger charge is 2.19. The normalized spacial score (nSPS) is 20.4. The van der Waals surface area contributed by atoms with E-state index >= 15 is 0 Å². The molecule has 1 aliphatic rings. The maximum absolute atomic E-state index is 8.65. The van der Waals surface area contributed by atoms with Gasteiger partial charge in [0.25, 0.3) is 0 Å². The molecular formula is C4H7N3O. The summed E-state index contributed by atoms with van der Waals surface area (Å²) in [5, 5.41) is 23.1. The van der Waals surface area contributed by atoms with Gasteiger partial charge in [-0.1, -0.05) is 0 Å². The van der Waals surface area contributed by atoms with E-state index in [-0.39, 0.29) is 11.7 Å². The molecule has 1 saturated heterocycles. The Morgan fingerprint density at radius 2 is 1.62 bits per heavy atom. The zero-order chi connectivity index (χ0) is 6.15. The van der Waals surface area contributed by atoms with Gasteiger partial charge in [0.1, 0.15) is 11.7 Å². The first kappa shape index (κ1) is 5.24. The van der Waals surface area contributed by atoms with Gasteiger partial charge in [-0.3, -0.25) is 16.0 Å². The summed E-state index contributed by atoms with van der Waals surface area (Å²) < 4.78 is 0. The second-order valence-electron chi connectivity index (χ2n) is 1.71. The van der Waals surface area contributed by atoms with Crippen LogP contribution in [0.2, 0.25) is 0 Å². The van der Waals surface area contributed by atoms with Crippen molar-refractivity contribution < 1.29 is 5.21 Å². The fourth-order valence-corrected chi connectivity index (χ4v) is 0.612. The summed E-state index contributed by atoms with van der Waals surface area (Å²) in [6.45, 7) is 0.